The topological polar surface area (TPSA) is 35.2 Å². The van der Waals surface area contributed by atoms with Crippen molar-refractivity contribution in [2.24, 2.45) is 5.73 Å². The van der Waals surface area contributed by atoms with Crippen LogP contribution in [0.25, 0.3) is 10.8 Å². The van der Waals surface area contributed by atoms with E-state index in [2.05, 4.69) is 31.2 Å². The summed E-state index contributed by atoms with van der Waals surface area (Å²) in [5.74, 6) is 0.898. The SMILES string of the molecule is CCCC(N)COc1ccc2ccccc2c1. The highest BCUT2D eigenvalue weighted by Crippen LogP contribution is 2.20. The van der Waals surface area contributed by atoms with Crippen molar-refractivity contribution < 1.29 is 4.74 Å². The fraction of sp³-hybridized carbons (Fsp3) is 0.333. The van der Waals surface area contributed by atoms with E-state index in [0.717, 1.165) is 18.6 Å². The Bertz CT molecular complexity index is 481. The minimum atomic E-state index is 0.131. The first-order valence-corrected chi connectivity index (χ1v) is 6.17. The molecule has 0 heterocycles. The molecular formula is C15H19NO. The maximum Gasteiger partial charge on any atom is 0.120 e. The molecule has 0 spiro atoms. The molecule has 90 valence electrons. The van der Waals surface area contributed by atoms with Gasteiger partial charge < -0.3 is 10.5 Å². The van der Waals surface area contributed by atoms with Crippen molar-refractivity contribution in [1.29, 1.82) is 0 Å². The first kappa shape index (κ1) is 11.9. The molecule has 2 nitrogen and oxygen atoms in total. The quantitative estimate of drug-likeness (QED) is 0.853. The van der Waals surface area contributed by atoms with Gasteiger partial charge in [-0.1, -0.05) is 43.7 Å². The van der Waals surface area contributed by atoms with E-state index in [9.17, 15) is 0 Å². The fourth-order valence-corrected chi connectivity index (χ4v) is 1.91. The van der Waals surface area contributed by atoms with E-state index in [0.29, 0.717) is 6.61 Å². The first-order valence-electron chi connectivity index (χ1n) is 6.17. The normalized spacial score (nSPS) is 12.6. The van der Waals surface area contributed by atoms with Crippen LogP contribution in [0, 0.1) is 0 Å². The molecule has 1 atom stereocenters. The molecule has 0 bridgehead atoms. The van der Waals surface area contributed by atoms with Crippen molar-refractivity contribution in [3.8, 4) is 5.75 Å². The van der Waals surface area contributed by atoms with E-state index < -0.39 is 0 Å². The lowest BCUT2D eigenvalue weighted by Gasteiger charge is -2.12. The Hall–Kier alpha value is -1.54. The minimum absolute atomic E-state index is 0.131. The molecule has 0 aromatic heterocycles. The zero-order chi connectivity index (χ0) is 12.1. The Labute approximate surface area is 102 Å². The second-order valence-corrected chi connectivity index (χ2v) is 4.37. The van der Waals surface area contributed by atoms with E-state index >= 15 is 0 Å². The number of benzene rings is 2. The Morgan fingerprint density at radius 1 is 1.12 bits per heavy atom. The van der Waals surface area contributed by atoms with Gasteiger partial charge in [0.25, 0.3) is 0 Å². The van der Waals surface area contributed by atoms with Gasteiger partial charge in [0.05, 0.1) is 0 Å². The summed E-state index contributed by atoms with van der Waals surface area (Å²) in [6, 6.07) is 14.5. The lowest BCUT2D eigenvalue weighted by atomic mass is 10.1. The van der Waals surface area contributed by atoms with Crippen molar-refractivity contribution in [2.75, 3.05) is 6.61 Å². The Morgan fingerprint density at radius 3 is 2.65 bits per heavy atom. The van der Waals surface area contributed by atoms with Crippen LogP contribution < -0.4 is 10.5 Å². The number of nitrogens with two attached hydrogens (primary N) is 1. The second-order valence-electron chi connectivity index (χ2n) is 4.37. The highest BCUT2D eigenvalue weighted by Gasteiger charge is 2.02. The second kappa shape index (κ2) is 5.69. The first-order chi connectivity index (χ1) is 8.29. The molecule has 0 radical (unpaired) electrons. The van der Waals surface area contributed by atoms with Crippen molar-refractivity contribution in [3.05, 3.63) is 42.5 Å². The van der Waals surface area contributed by atoms with Crippen molar-refractivity contribution in [3.63, 3.8) is 0 Å². The number of ether oxygens (including phenoxy) is 1. The summed E-state index contributed by atoms with van der Waals surface area (Å²) >= 11 is 0. The molecule has 0 aliphatic heterocycles. The van der Waals surface area contributed by atoms with Crippen LogP contribution in [-0.4, -0.2) is 12.6 Å². The van der Waals surface area contributed by atoms with Crippen LogP contribution in [0.1, 0.15) is 19.8 Å². The molecule has 0 saturated heterocycles. The zero-order valence-electron chi connectivity index (χ0n) is 10.2. The molecule has 0 aliphatic carbocycles. The van der Waals surface area contributed by atoms with Crippen LogP contribution in [-0.2, 0) is 0 Å². The Balaban J connectivity index is 2.04. The van der Waals surface area contributed by atoms with Crippen LogP contribution in [0.2, 0.25) is 0 Å². The molecule has 0 aliphatic rings. The molecule has 17 heavy (non-hydrogen) atoms. The van der Waals surface area contributed by atoms with Gasteiger partial charge in [0.15, 0.2) is 0 Å². The van der Waals surface area contributed by atoms with Crippen molar-refractivity contribution >= 4 is 10.8 Å². The minimum Gasteiger partial charge on any atom is -0.492 e. The van der Waals surface area contributed by atoms with Gasteiger partial charge in [-0.2, -0.15) is 0 Å². The molecule has 2 rings (SSSR count). The Morgan fingerprint density at radius 2 is 1.88 bits per heavy atom. The summed E-state index contributed by atoms with van der Waals surface area (Å²) in [4.78, 5) is 0. The van der Waals surface area contributed by atoms with E-state index in [4.69, 9.17) is 10.5 Å². The van der Waals surface area contributed by atoms with Crippen LogP contribution in [0.3, 0.4) is 0 Å². The molecule has 0 saturated carbocycles. The van der Waals surface area contributed by atoms with E-state index in [1.807, 2.05) is 18.2 Å². The van der Waals surface area contributed by atoms with Gasteiger partial charge in [0.1, 0.15) is 12.4 Å². The van der Waals surface area contributed by atoms with Gasteiger partial charge in [-0.05, 0) is 29.3 Å². The average molecular weight is 229 g/mol. The standard InChI is InChI=1S/C15H19NO/c1-2-5-14(16)11-17-15-9-8-12-6-3-4-7-13(12)10-15/h3-4,6-10,14H,2,5,11,16H2,1H3. The van der Waals surface area contributed by atoms with Gasteiger partial charge in [-0.3, -0.25) is 0 Å². The summed E-state index contributed by atoms with van der Waals surface area (Å²) in [7, 11) is 0. The third-order valence-electron chi connectivity index (χ3n) is 2.84. The van der Waals surface area contributed by atoms with Crippen LogP contribution in [0.15, 0.2) is 42.5 Å². The van der Waals surface area contributed by atoms with E-state index in [-0.39, 0.29) is 6.04 Å². The van der Waals surface area contributed by atoms with Crippen LogP contribution >= 0.6 is 0 Å². The predicted octanol–water partition coefficient (Wildman–Crippen LogP) is 3.35. The summed E-state index contributed by atoms with van der Waals surface area (Å²) in [6.07, 6.45) is 2.11. The maximum atomic E-state index is 5.92. The van der Waals surface area contributed by atoms with Gasteiger partial charge in [0, 0.05) is 6.04 Å². The maximum absolute atomic E-state index is 5.92. The van der Waals surface area contributed by atoms with Crippen molar-refractivity contribution in [1.82, 2.24) is 0 Å². The third-order valence-corrected chi connectivity index (χ3v) is 2.84. The highest BCUT2D eigenvalue weighted by molar-refractivity contribution is 5.83. The molecule has 0 fully saturated rings. The number of hydrogen-bond acceptors (Lipinski definition) is 2. The number of rotatable bonds is 5. The summed E-state index contributed by atoms with van der Waals surface area (Å²) in [5.41, 5.74) is 5.92. The monoisotopic (exact) mass is 229 g/mol. The molecule has 2 aromatic carbocycles. The molecular weight excluding hydrogens is 210 g/mol. The molecule has 2 aromatic rings. The summed E-state index contributed by atoms with van der Waals surface area (Å²) < 4.78 is 5.70. The van der Waals surface area contributed by atoms with E-state index in [1.165, 1.54) is 10.8 Å². The molecule has 0 amide bonds. The third kappa shape index (κ3) is 3.21. The molecule has 1 unspecified atom stereocenters. The lowest BCUT2D eigenvalue weighted by Crippen LogP contribution is -2.27. The van der Waals surface area contributed by atoms with Gasteiger partial charge >= 0.3 is 0 Å². The predicted molar refractivity (Wildman–Crippen MR) is 72.3 cm³/mol. The lowest BCUT2D eigenvalue weighted by molar-refractivity contribution is 0.282. The zero-order valence-corrected chi connectivity index (χ0v) is 10.2. The van der Waals surface area contributed by atoms with Crippen LogP contribution in [0.5, 0.6) is 5.75 Å². The number of hydrogen-bond donors (Lipinski definition) is 1. The van der Waals surface area contributed by atoms with Gasteiger partial charge in [0.2, 0.25) is 0 Å². The van der Waals surface area contributed by atoms with E-state index in [1.54, 1.807) is 0 Å². The summed E-state index contributed by atoms with van der Waals surface area (Å²) in [6.45, 7) is 2.72. The Kier molecular flexibility index (Phi) is 3.99. The number of fused-ring (bicyclic) bond motifs is 1. The highest BCUT2D eigenvalue weighted by atomic mass is 16.5. The molecule has 2 N–H and O–H groups in total. The summed E-state index contributed by atoms with van der Waals surface area (Å²) in [5, 5.41) is 2.44. The van der Waals surface area contributed by atoms with Crippen LogP contribution in [0.4, 0.5) is 0 Å². The average Bonchev–Trinajstić information content (AvgIpc) is 2.36. The largest absolute Gasteiger partial charge is 0.492 e. The smallest absolute Gasteiger partial charge is 0.120 e. The van der Waals surface area contributed by atoms with Gasteiger partial charge in [-0.15, -0.1) is 0 Å². The molecule has 2 heteroatoms. The van der Waals surface area contributed by atoms with Crippen molar-refractivity contribution in [2.45, 2.75) is 25.8 Å². The fourth-order valence-electron chi connectivity index (χ4n) is 1.91. The van der Waals surface area contributed by atoms with Gasteiger partial charge in [-0.25, -0.2) is 0 Å².